The number of carbonyl (C=O) groups excluding carboxylic acids is 1. The third kappa shape index (κ3) is 4.77. The Kier molecular flexibility index (Phi) is 6.10. The number of hydrogen-bond donors (Lipinski definition) is 1. The fourth-order valence-corrected chi connectivity index (χ4v) is 2.58. The lowest BCUT2D eigenvalue weighted by atomic mass is 10.2. The molecule has 0 fully saturated rings. The Morgan fingerprint density at radius 1 is 1.07 bits per heavy atom. The number of nitrogens with one attached hydrogen (secondary N) is 1. The molecule has 1 amide bonds. The summed E-state index contributed by atoms with van der Waals surface area (Å²) in [5.41, 5.74) is -0.299. The van der Waals surface area contributed by atoms with Gasteiger partial charge in [0.1, 0.15) is 23.0 Å². The van der Waals surface area contributed by atoms with Crippen LogP contribution in [0.4, 0.5) is 14.6 Å². The summed E-state index contributed by atoms with van der Waals surface area (Å²) in [5, 5.41) is 3.15. The quantitative estimate of drug-likeness (QED) is 0.630. The number of rotatable bonds is 7. The molecule has 0 aliphatic carbocycles. The number of benzene rings is 1. The minimum Gasteiger partial charge on any atom is -0.478 e. The van der Waals surface area contributed by atoms with E-state index < -0.39 is 23.1 Å². The molecule has 0 aliphatic heterocycles. The molecule has 0 unspecified atom stereocenters. The number of ether oxygens (including phenoxy) is 1. The zero-order chi connectivity index (χ0) is 20.1. The number of halogens is 2. The zero-order valence-corrected chi connectivity index (χ0v) is 15.6. The summed E-state index contributed by atoms with van der Waals surface area (Å²) in [7, 11) is 3.97. The van der Waals surface area contributed by atoms with Crippen LogP contribution in [0.2, 0.25) is 0 Å². The SMILES string of the molecule is CN(C)CCCOc1ccc2ccc(NC(=O)c3c(F)cccc3F)nc2n1. The molecule has 28 heavy (non-hydrogen) atoms. The maximum Gasteiger partial charge on any atom is 0.262 e. The number of carbonyl (C=O) groups is 1. The molecule has 2 aromatic heterocycles. The van der Waals surface area contributed by atoms with Crippen molar-refractivity contribution in [1.82, 2.24) is 14.9 Å². The summed E-state index contributed by atoms with van der Waals surface area (Å²) < 4.78 is 33.1. The Balaban J connectivity index is 1.74. The lowest BCUT2D eigenvalue weighted by Gasteiger charge is -2.10. The summed E-state index contributed by atoms with van der Waals surface area (Å²) in [6, 6.07) is 10.0. The molecule has 146 valence electrons. The predicted octanol–water partition coefficient (Wildman–Crippen LogP) is 3.49. The van der Waals surface area contributed by atoms with E-state index in [1.165, 1.54) is 12.1 Å². The largest absolute Gasteiger partial charge is 0.478 e. The van der Waals surface area contributed by atoms with E-state index in [2.05, 4.69) is 20.2 Å². The van der Waals surface area contributed by atoms with Gasteiger partial charge in [0, 0.05) is 18.0 Å². The molecular formula is C20H20F2N4O2. The first-order valence-corrected chi connectivity index (χ1v) is 8.75. The highest BCUT2D eigenvalue weighted by Crippen LogP contribution is 2.19. The Hall–Kier alpha value is -3.13. The highest BCUT2D eigenvalue weighted by atomic mass is 19.1. The van der Waals surface area contributed by atoms with Crippen LogP contribution in [0.3, 0.4) is 0 Å². The van der Waals surface area contributed by atoms with Gasteiger partial charge in [-0.2, -0.15) is 4.98 Å². The molecule has 0 spiro atoms. The van der Waals surface area contributed by atoms with Gasteiger partial charge in [0.15, 0.2) is 5.65 Å². The van der Waals surface area contributed by atoms with Crippen LogP contribution in [0.25, 0.3) is 11.0 Å². The molecule has 3 rings (SSSR count). The Morgan fingerprint density at radius 3 is 2.50 bits per heavy atom. The zero-order valence-electron chi connectivity index (χ0n) is 15.6. The first-order chi connectivity index (χ1) is 13.4. The molecule has 0 radical (unpaired) electrons. The van der Waals surface area contributed by atoms with E-state index in [0.29, 0.717) is 18.1 Å². The van der Waals surface area contributed by atoms with Gasteiger partial charge in [-0.1, -0.05) is 6.07 Å². The standard InChI is InChI=1S/C20H20F2N4O2/c1-26(2)11-4-12-28-17-10-8-13-7-9-16(23-19(13)25-17)24-20(27)18-14(21)5-3-6-15(18)22/h3,5-10H,4,11-12H2,1-2H3,(H,23,24,25,27). The van der Waals surface area contributed by atoms with Gasteiger partial charge in [0.25, 0.3) is 5.91 Å². The second-order valence-corrected chi connectivity index (χ2v) is 6.45. The number of fused-ring (bicyclic) bond motifs is 1. The van der Waals surface area contributed by atoms with Gasteiger partial charge in [-0.15, -0.1) is 0 Å². The molecule has 0 bridgehead atoms. The molecular weight excluding hydrogens is 366 g/mol. The molecule has 0 atom stereocenters. The minimum absolute atomic E-state index is 0.136. The maximum atomic E-state index is 13.8. The van der Waals surface area contributed by atoms with E-state index >= 15 is 0 Å². The summed E-state index contributed by atoms with van der Waals surface area (Å²) in [6.07, 6.45) is 0.852. The van der Waals surface area contributed by atoms with Crippen LogP contribution in [0.15, 0.2) is 42.5 Å². The van der Waals surface area contributed by atoms with Crippen LogP contribution in [0.1, 0.15) is 16.8 Å². The third-order valence-electron chi connectivity index (χ3n) is 3.96. The van der Waals surface area contributed by atoms with Gasteiger partial charge >= 0.3 is 0 Å². The molecule has 0 saturated heterocycles. The number of anilines is 1. The van der Waals surface area contributed by atoms with Gasteiger partial charge in [-0.3, -0.25) is 4.79 Å². The van der Waals surface area contributed by atoms with Crippen molar-refractivity contribution >= 4 is 22.8 Å². The van der Waals surface area contributed by atoms with Crippen molar-refractivity contribution in [3.8, 4) is 5.88 Å². The summed E-state index contributed by atoms with van der Waals surface area (Å²) in [5.74, 6) is -2.24. The number of amides is 1. The van der Waals surface area contributed by atoms with Gasteiger partial charge in [-0.25, -0.2) is 13.8 Å². The van der Waals surface area contributed by atoms with E-state index in [1.54, 1.807) is 18.2 Å². The van der Waals surface area contributed by atoms with Crippen molar-refractivity contribution in [2.75, 3.05) is 32.6 Å². The lowest BCUT2D eigenvalue weighted by molar-refractivity contribution is 0.101. The van der Waals surface area contributed by atoms with Crippen molar-refractivity contribution in [2.45, 2.75) is 6.42 Å². The average molecular weight is 386 g/mol. The van der Waals surface area contributed by atoms with E-state index in [9.17, 15) is 13.6 Å². The third-order valence-corrected chi connectivity index (χ3v) is 3.96. The van der Waals surface area contributed by atoms with Crippen LogP contribution < -0.4 is 10.1 Å². The number of pyridine rings is 2. The topological polar surface area (TPSA) is 67.3 Å². The predicted molar refractivity (Wildman–Crippen MR) is 103 cm³/mol. The van der Waals surface area contributed by atoms with Crippen LogP contribution in [-0.4, -0.2) is 48.0 Å². The maximum absolute atomic E-state index is 13.8. The van der Waals surface area contributed by atoms with Crippen molar-refractivity contribution in [2.24, 2.45) is 0 Å². The van der Waals surface area contributed by atoms with Crippen molar-refractivity contribution in [3.05, 3.63) is 59.7 Å². The van der Waals surface area contributed by atoms with E-state index in [-0.39, 0.29) is 5.82 Å². The molecule has 3 aromatic rings. The van der Waals surface area contributed by atoms with E-state index in [0.717, 1.165) is 30.5 Å². The molecule has 2 heterocycles. The second-order valence-electron chi connectivity index (χ2n) is 6.45. The highest BCUT2D eigenvalue weighted by Gasteiger charge is 2.17. The normalized spacial score (nSPS) is 11.0. The van der Waals surface area contributed by atoms with Crippen LogP contribution in [0, 0.1) is 11.6 Å². The van der Waals surface area contributed by atoms with Crippen LogP contribution in [-0.2, 0) is 0 Å². The summed E-state index contributed by atoms with van der Waals surface area (Å²) >= 11 is 0. The van der Waals surface area contributed by atoms with Crippen LogP contribution >= 0.6 is 0 Å². The van der Waals surface area contributed by atoms with Crippen molar-refractivity contribution in [3.63, 3.8) is 0 Å². The lowest BCUT2D eigenvalue weighted by Crippen LogP contribution is -2.16. The Morgan fingerprint density at radius 2 is 1.79 bits per heavy atom. The molecule has 1 aromatic carbocycles. The molecule has 8 heteroatoms. The first-order valence-electron chi connectivity index (χ1n) is 8.75. The monoisotopic (exact) mass is 386 g/mol. The average Bonchev–Trinajstić information content (AvgIpc) is 2.64. The summed E-state index contributed by atoms with van der Waals surface area (Å²) in [4.78, 5) is 22.8. The number of hydrogen-bond acceptors (Lipinski definition) is 5. The fraction of sp³-hybridized carbons (Fsp3) is 0.250. The minimum atomic E-state index is -0.940. The smallest absolute Gasteiger partial charge is 0.262 e. The van der Waals surface area contributed by atoms with E-state index in [4.69, 9.17) is 4.74 Å². The van der Waals surface area contributed by atoms with Crippen LogP contribution in [0.5, 0.6) is 5.88 Å². The number of aromatic nitrogens is 2. The molecule has 1 N–H and O–H groups in total. The van der Waals surface area contributed by atoms with Crippen molar-refractivity contribution in [1.29, 1.82) is 0 Å². The van der Waals surface area contributed by atoms with Gasteiger partial charge in [0.05, 0.1) is 6.61 Å². The second kappa shape index (κ2) is 8.71. The number of nitrogens with zero attached hydrogens (tertiary/aromatic N) is 3. The highest BCUT2D eigenvalue weighted by molar-refractivity contribution is 6.04. The van der Waals surface area contributed by atoms with E-state index in [1.807, 2.05) is 14.1 Å². The Bertz CT molecular complexity index is 975. The first kappa shape index (κ1) is 19.6. The fourth-order valence-electron chi connectivity index (χ4n) is 2.58. The van der Waals surface area contributed by atoms with Gasteiger partial charge in [0.2, 0.25) is 5.88 Å². The molecule has 0 aliphatic rings. The molecule has 6 nitrogen and oxygen atoms in total. The van der Waals surface area contributed by atoms with Gasteiger partial charge in [-0.05, 0) is 50.8 Å². The van der Waals surface area contributed by atoms with Crippen molar-refractivity contribution < 1.29 is 18.3 Å². The summed E-state index contributed by atoms with van der Waals surface area (Å²) in [6.45, 7) is 1.41. The molecule has 0 saturated carbocycles. The van der Waals surface area contributed by atoms with Gasteiger partial charge < -0.3 is 15.0 Å². The Labute approximate surface area is 161 Å².